The Labute approximate surface area is 166 Å². The van der Waals surface area contributed by atoms with E-state index in [2.05, 4.69) is 72.3 Å². The van der Waals surface area contributed by atoms with Gasteiger partial charge in [0.05, 0.1) is 18.3 Å². The van der Waals surface area contributed by atoms with Crippen LogP contribution in [-0.2, 0) is 13.1 Å². The second-order valence-electron chi connectivity index (χ2n) is 7.67. The number of aliphatic hydroxyl groups is 1. The van der Waals surface area contributed by atoms with Crippen LogP contribution < -0.4 is 10.6 Å². The molecule has 0 amide bonds. The third-order valence-electron chi connectivity index (χ3n) is 5.34. The molecule has 2 atom stereocenters. The fourth-order valence-corrected chi connectivity index (χ4v) is 3.80. The molecule has 28 heavy (non-hydrogen) atoms. The molecule has 2 heterocycles. The molecule has 1 fully saturated rings. The van der Waals surface area contributed by atoms with E-state index in [-0.39, 0.29) is 12.0 Å². The van der Waals surface area contributed by atoms with Gasteiger partial charge in [-0.1, -0.05) is 54.1 Å². The number of hydrogen-bond acceptors (Lipinski definition) is 4. The predicted molar refractivity (Wildman–Crippen MR) is 112 cm³/mol. The van der Waals surface area contributed by atoms with E-state index in [0.29, 0.717) is 6.54 Å². The average molecular weight is 377 g/mol. The van der Waals surface area contributed by atoms with Crippen molar-refractivity contribution >= 4 is 0 Å². The van der Waals surface area contributed by atoms with Crippen LogP contribution >= 0.6 is 0 Å². The quantitative estimate of drug-likeness (QED) is 0.593. The van der Waals surface area contributed by atoms with Crippen molar-refractivity contribution in [2.75, 3.05) is 19.6 Å². The van der Waals surface area contributed by atoms with Gasteiger partial charge < -0.3 is 15.7 Å². The first-order chi connectivity index (χ1) is 13.7. The number of nitrogens with one attached hydrogen (secondary N) is 2. The van der Waals surface area contributed by atoms with E-state index in [0.717, 1.165) is 37.4 Å². The molecule has 0 spiro atoms. The summed E-state index contributed by atoms with van der Waals surface area (Å²) in [6.45, 7) is 5.95. The highest BCUT2D eigenvalue weighted by atomic mass is 16.3. The van der Waals surface area contributed by atoms with Gasteiger partial charge in [0.2, 0.25) is 0 Å². The van der Waals surface area contributed by atoms with Gasteiger partial charge in [-0.05, 0) is 18.6 Å². The predicted octanol–water partition coefficient (Wildman–Crippen LogP) is 2.58. The lowest BCUT2D eigenvalue weighted by atomic mass is 10.0. The molecular formula is C23H28N4O. The Morgan fingerprint density at radius 1 is 1.14 bits per heavy atom. The lowest BCUT2D eigenvalue weighted by Gasteiger charge is -2.14. The number of rotatable bonds is 7. The van der Waals surface area contributed by atoms with Crippen LogP contribution in [0.3, 0.4) is 0 Å². The second kappa shape index (κ2) is 8.69. The van der Waals surface area contributed by atoms with Gasteiger partial charge in [-0.15, -0.1) is 0 Å². The van der Waals surface area contributed by atoms with Crippen molar-refractivity contribution < 1.29 is 5.11 Å². The van der Waals surface area contributed by atoms with E-state index in [4.69, 9.17) is 5.10 Å². The summed E-state index contributed by atoms with van der Waals surface area (Å²) < 4.78 is 2.02. The summed E-state index contributed by atoms with van der Waals surface area (Å²) >= 11 is 0. The first-order valence-corrected chi connectivity index (χ1v) is 9.96. The third kappa shape index (κ3) is 4.50. The molecule has 5 heteroatoms. The van der Waals surface area contributed by atoms with Crippen molar-refractivity contribution in [2.45, 2.75) is 26.1 Å². The molecule has 0 radical (unpaired) electrons. The molecule has 2 unspecified atom stereocenters. The Hall–Kier alpha value is -2.47. The van der Waals surface area contributed by atoms with Crippen LogP contribution in [-0.4, -0.2) is 40.6 Å². The number of aliphatic hydroxyl groups excluding tert-OH is 1. The summed E-state index contributed by atoms with van der Waals surface area (Å²) in [7, 11) is 0. The van der Waals surface area contributed by atoms with E-state index >= 15 is 0 Å². The van der Waals surface area contributed by atoms with E-state index in [1.54, 1.807) is 0 Å². The van der Waals surface area contributed by atoms with Crippen molar-refractivity contribution in [1.29, 1.82) is 0 Å². The normalized spacial score (nSPS) is 19.2. The van der Waals surface area contributed by atoms with Gasteiger partial charge in [0.15, 0.2) is 0 Å². The lowest BCUT2D eigenvalue weighted by molar-refractivity contribution is 0.146. The smallest absolute Gasteiger partial charge is 0.0968 e. The maximum atomic E-state index is 10.00. The van der Waals surface area contributed by atoms with Crippen molar-refractivity contribution in [2.24, 2.45) is 5.92 Å². The average Bonchev–Trinajstić information content (AvgIpc) is 3.29. The molecule has 2 aromatic carbocycles. The van der Waals surface area contributed by atoms with E-state index < -0.39 is 0 Å². The summed E-state index contributed by atoms with van der Waals surface area (Å²) in [6.07, 6.45) is 1.88. The Morgan fingerprint density at radius 2 is 2.00 bits per heavy atom. The van der Waals surface area contributed by atoms with Crippen molar-refractivity contribution in [3.63, 3.8) is 0 Å². The SMILES string of the molecule is Cc1cccc(-c2nn(Cc3ccccc3)cc2CNCC2CNCC2O)c1. The van der Waals surface area contributed by atoms with Crippen molar-refractivity contribution in [1.82, 2.24) is 20.4 Å². The second-order valence-corrected chi connectivity index (χ2v) is 7.67. The van der Waals surface area contributed by atoms with Gasteiger partial charge in [-0.25, -0.2) is 0 Å². The summed E-state index contributed by atoms with van der Waals surface area (Å²) in [4.78, 5) is 0. The molecule has 3 N–H and O–H groups in total. The molecule has 5 nitrogen and oxygen atoms in total. The zero-order valence-electron chi connectivity index (χ0n) is 16.3. The zero-order valence-corrected chi connectivity index (χ0v) is 16.3. The number of hydrogen-bond donors (Lipinski definition) is 3. The third-order valence-corrected chi connectivity index (χ3v) is 5.34. The van der Waals surface area contributed by atoms with Crippen LogP contribution in [0.25, 0.3) is 11.3 Å². The lowest BCUT2D eigenvalue weighted by Crippen LogP contribution is -2.30. The number of aromatic nitrogens is 2. The molecule has 1 saturated heterocycles. The molecule has 0 saturated carbocycles. The van der Waals surface area contributed by atoms with Gasteiger partial charge in [0.25, 0.3) is 0 Å². The van der Waals surface area contributed by atoms with Crippen molar-refractivity contribution in [3.05, 3.63) is 77.5 Å². The number of benzene rings is 2. The van der Waals surface area contributed by atoms with Gasteiger partial charge >= 0.3 is 0 Å². The van der Waals surface area contributed by atoms with Gasteiger partial charge in [0.1, 0.15) is 0 Å². The summed E-state index contributed by atoms with van der Waals surface area (Å²) in [5.74, 6) is 0.266. The largest absolute Gasteiger partial charge is 0.391 e. The van der Waals surface area contributed by atoms with Gasteiger partial charge in [-0.3, -0.25) is 4.68 Å². The summed E-state index contributed by atoms with van der Waals surface area (Å²) in [5.41, 5.74) is 5.82. The van der Waals surface area contributed by atoms with Crippen LogP contribution in [0.5, 0.6) is 0 Å². The molecule has 1 aliphatic heterocycles. The van der Waals surface area contributed by atoms with Crippen LogP contribution in [0.1, 0.15) is 16.7 Å². The highest BCUT2D eigenvalue weighted by molar-refractivity contribution is 5.63. The topological polar surface area (TPSA) is 62.1 Å². The standard InChI is InChI=1S/C23H28N4O/c1-17-6-5-9-19(10-17)23-21(13-24-11-20-12-25-14-22(20)28)16-27(26-23)15-18-7-3-2-4-8-18/h2-10,16,20,22,24-25,28H,11-15H2,1H3. The first kappa shape index (κ1) is 18.9. The van der Waals surface area contributed by atoms with Crippen LogP contribution in [0.4, 0.5) is 0 Å². The minimum Gasteiger partial charge on any atom is -0.391 e. The summed E-state index contributed by atoms with van der Waals surface area (Å²) in [5, 5.41) is 21.7. The molecule has 0 aliphatic carbocycles. The van der Waals surface area contributed by atoms with E-state index in [1.165, 1.54) is 16.7 Å². The van der Waals surface area contributed by atoms with Crippen molar-refractivity contribution in [3.8, 4) is 11.3 Å². The number of aryl methyl sites for hydroxylation is 1. The zero-order chi connectivity index (χ0) is 19.3. The fourth-order valence-electron chi connectivity index (χ4n) is 3.80. The molecular weight excluding hydrogens is 348 g/mol. The molecule has 3 aromatic rings. The maximum Gasteiger partial charge on any atom is 0.0968 e. The van der Waals surface area contributed by atoms with E-state index in [1.807, 2.05) is 10.7 Å². The Kier molecular flexibility index (Phi) is 5.86. The van der Waals surface area contributed by atoms with Gasteiger partial charge in [-0.2, -0.15) is 5.10 Å². The van der Waals surface area contributed by atoms with Gasteiger partial charge in [0, 0.05) is 49.4 Å². The molecule has 1 aromatic heterocycles. The molecule has 4 rings (SSSR count). The number of nitrogens with zero attached hydrogens (tertiary/aromatic N) is 2. The number of β-amino-alcohol motifs (C(OH)–C–C–N with tert-alkyl or cyclic N) is 1. The Balaban J connectivity index is 1.53. The van der Waals surface area contributed by atoms with E-state index in [9.17, 15) is 5.11 Å². The maximum absolute atomic E-state index is 10.00. The first-order valence-electron chi connectivity index (χ1n) is 9.96. The van der Waals surface area contributed by atoms with Crippen LogP contribution in [0, 0.1) is 12.8 Å². The summed E-state index contributed by atoms with van der Waals surface area (Å²) in [6, 6.07) is 18.9. The van der Waals surface area contributed by atoms with Crippen LogP contribution in [0.2, 0.25) is 0 Å². The molecule has 1 aliphatic rings. The Morgan fingerprint density at radius 3 is 2.75 bits per heavy atom. The molecule has 146 valence electrons. The highest BCUT2D eigenvalue weighted by Crippen LogP contribution is 2.23. The minimum atomic E-state index is -0.260. The highest BCUT2D eigenvalue weighted by Gasteiger charge is 2.24. The molecule has 0 bridgehead atoms. The van der Waals surface area contributed by atoms with Crippen LogP contribution in [0.15, 0.2) is 60.8 Å². The minimum absolute atomic E-state index is 0.260. The Bertz CT molecular complexity index is 906. The monoisotopic (exact) mass is 376 g/mol. The fraction of sp³-hybridized carbons (Fsp3) is 0.348.